The van der Waals surface area contributed by atoms with Gasteiger partial charge in [0.1, 0.15) is 5.82 Å². The number of nitrogens with zero attached hydrogens (tertiary/aromatic N) is 1. The zero-order valence-electron chi connectivity index (χ0n) is 12.3. The SMILES string of the molecule is CN1CC(NC2CCCC2)CC(c2ccc(F)cc2)C1. The van der Waals surface area contributed by atoms with E-state index in [0.29, 0.717) is 12.0 Å². The van der Waals surface area contributed by atoms with Gasteiger partial charge in [0.2, 0.25) is 0 Å². The molecular weight excluding hydrogens is 251 g/mol. The number of hydrogen-bond acceptors (Lipinski definition) is 2. The molecular formula is C17H25FN2. The third kappa shape index (κ3) is 3.39. The van der Waals surface area contributed by atoms with E-state index in [2.05, 4.69) is 17.3 Å². The summed E-state index contributed by atoms with van der Waals surface area (Å²) in [6.07, 6.45) is 6.60. The summed E-state index contributed by atoms with van der Waals surface area (Å²) in [4.78, 5) is 2.41. The van der Waals surface area contributed by atoms with Crippen LogP contribution in [0.25, 0.3) is 0 Å². The quantitative estimate of drug-likeness (QED) is 0.912. The summed E-state index contributed by atoms with van der Waals surface area (Å²) < 4.78 is 13.1. The second kappa shape index (κ2) is 6.23. The van der Waals surface area contributed by atoms with Gasteiger partial charge >= 0.3 is 0 Å². The first-order valence-corrected chi connectivity index (χ1v) is 7.91. The Kier molecular flexibility index (Phi) is 4.37. The van der Waals surface area contributed by atoms with E-state index in [0.717, 1.165) is 19.1 Å². The molecule has 0 radical (unpaired) electrons. The minimum Gasteiger partial charge on any atom is -0.310 e. The fourth-order valence-electron chi connectivity index (χ4n) is 3.84. The van der Waals surface area contributed by atoms with Crippen molar-refractivity contribution in [2.75, 3.05) is 20.1 Å². The highest BCUT2D eigenvalue weighted by atomic mass is 19.1. The van der Waals surface area contributed by atoms with Gasteiger partial charge in [0, 0.05) is 25.2 Å². The van der Waals surface area contributed by atoms with E-state index in [9.17, 15) is 4.39 Å². The smallest absolute Gasteiger partial charge is 0.123 e. The fourth-order valence-corrected chi connectivity index (χ4v) is 3.84. The summed E-state index contributed by atoms with van der Waals surface area (Å²) in [7, 11) is 2.19. The van der Waals surface area contributed by atoms with Gasteiger partial charge in [-0.2, -0.15) is 0 Å². The lowest BCUT2D eigenvalue weighted by molar-refractivity contribution is 0.195. The van der Waals surface area contributed by atoms with Crippen LogP contribution < -0.4 is 5.32 Å². The van der Waals surface area contributed by atoms with Crippen molar-refractivity contribution in [2.45, 2.75) is 50.1 Å². The van der Waals surface area contributed by atoms with E-state index >= 15 is 0 Å². The van der Waals surface area contributed by atoms with Crippen LogP contribution in [-0.2, 0) is 0 Å². The largest absolute Gasteiger partial charge is 0.310 e. The van der Waals surface area contributed by atoms with Gasteiger partial charge < -0.3 is 10.2 Å². The number of benzene rings is 1. The Balaban J connectivity index is 1.64. The molecule has 1 saturated heterocycles. The lowest BCUT2D eigenvalue weighted by atomic mass is 9.88. The Bertz CT molecular complexity index is 425. The van der Waals surface area contributed by atoms with Gasteiger partial charge in [-0.05, 0) is 49.9 Å². The van der Waals surface area contributed by atoms with Crippen LogP contribution in [0.4, 0.5) is 4.39 Å². The van der Waals surface area contributed by atoms with Crippen molar-refractivity contribution < 1.29 is 4.39 Å². The molecule has 2 unspecified atom stereocenters. The number of nitrogens with one attached hydrogen (secondary N) is 1. The summed E-state index contributed by atoms with van der Waals surface area (Å²) >= 11 is 0. The third-order valence-corrected chi connectivity index (χ3v) is 4.80. The highest BCUT2D eigenvalue weighted by Gasteiger charge is 2.28. The molecule has 2 aliphatic rings. The Morgan fingerprint density at radius 1 is 1.05 bits per heavy atom. The minimum absolute atomic E-state index is 0.140. The molecule has 0 amide bonds. The van der Waals surface area contributed by atoms with Crippen molar-refractivity contribution in [3.8, 4) is 0 Å². The Labute approximate surface area is 121 Å². The molecule has 1 N–H and O–H groups in total. The second-order valence-corrected chi connectivity index (χ2v) is 6.55. The first-order chi connectivity index (χ1) is 9.70. The first-order valence-electron chi connectivity index (χ1n) is 7.91. The van der Waals surface area contributed by atoms with Crippen molar-refractivity contribution in [3.63, 3.8) is 0 Å². The summed E-state index contributed by atoms with van der Waals surface area (Å²) in [5.41, 5.74) is 1.27. The normalized spacial score (nSPS) is 28.9. The van der Waals surface area contributed by atoms with Crippen molar-refractivity contribution in [3.05, 3.63) is 35.6 Å². The van der Waals surface area contributed by atoms with Crippen molar-refractivity contribution in [1.29, 1.82) is 0 Å². The number of halogens is 1. The number of hydrogen-bond donors (Lipinski definition) is 1. The molecule has 2 atom stereocenters. The van der Waals surface area contributed by atoms with E-state index < -0.39 is 0 Å². The highest BCUT2D eigenvalue weighted by molar-refractivity contribution is 5.22. The average molecular weight is 276 g/mol. The molecule has 1 aliphatic carbocycles. The molecule has 3 heteroatoms. The van der Waals surface area contributed by atoms with Crippen LogP contribution >= 0.6 is 0 Å². The molecule has 1 saturated carbocycles. The number of likely N-dealkylation sites (N-methyl/N-ethyl adjacent to an activating group) is 1. The molecule has 0 aromatic heterocycles. The molecule has 0 spiro atoms. The van der Waals surface area contributed by atoms with Crippen molar-refractivity contribution in [1.82, 2.24) is 10.2 Å². The molecule has 1 aromatic carbocycles. The number of piperidine rings is 1. The standard InChI is InChI=1S/C17H25FN2/c1-20-11-14(13-6-8-15(18)9-7-13)10-17(12-20)19-16-4-2-3-5-16/h6-9,14,16-17,19H,2-5,10-12H2,1H3. The van der Waals surface area contributed by atoms with Gasteiger partial charge in [-0.15, -0.1) is 0 Å². The summed E-state index contributed by atoms with van der Waals surface area (Å²) in [6, 6.07) is 8.37. The average Bonchev–Trinajstić information content (AvgIpc) is 2.91. The number of likely N-dealkylation sites (tertiary alicyclic amines) is 1. The van der Waals surface area contributed by atoms with Gasteiger partial charge in [-0.1, -0.05) is 25.0 Å². The van der Waals surface area contributed by atoms with Crippen LogP contribution in [-0.4, -0.2) is 37.1 Å². The van der Waals surface area contributed by atoms with Crippen LogP contribution in [0.5, 0.6) is 0 Å². The lowest BCUT2D eigenvalue weighted by Gasteiger charge is -2.37. The molecule has 1 aromatic rings. The van der Waals surface area contributed by atoms with Crippen LogP contribution in [0, 0.1) is 5.82 Å². The van der Waals surface area contributed by atoms with Crippen LogP contribution in [0.15, 0.2) is 24.3 Å². The monoisotopic (exact) mass is 276 g/mol. The predicted molar refractivity (Wildman–Crippen MR) is 80.4 cm³/mol. The van der Waals surface area contributed by atoms with Crippen molar-refractivity contribution in [2.24, 2.45) is 0 Å². The summed E-state index contributed by atoms with van der Waals surface area (Å²) in [5.74, 6) is 0.381. The van der Waals surface area contributed by atoms with Crippen LogP contribution in [0.1, 0.15) is 43.6 Å². The molecule has 2 fully saturated rings. The van der Waals surface area contributed by atoms with E-state index in [1.54, 1.807) is 12.1 Å². The number of rotatable bonds is 3. The molecule has 20 heavy (non-hydrogen) atoms. The molecule has 1 heterocycles. The third-order valence-electron chi connectivity index (χ3n) is 4.80. The molecule has 3 rings (SSSR count). The maximum Gasteiger partial charge on any atom is 0.123 e. The summed E-state index contributed by atoms with van der Waals surface area (Å²) in [5, 5.41) is 3.84. The first kappa shape index (κ1) is 14.0. The van der Waals surface area contributed by atoms with Crippen molar-refractivity contribution >= 4 is 0 Å². The highest BCUT2D eigenvalue weighted by Crippen LogP contribution is 2.28. The maximum atomic E-state index is 13.1. The topological polar surface area (TPSA) is 15.3 Å². The molecule has 0 bridgehead atoms. The predicted octanol–water partition coefficient (Wildman–Crippen LogP) is 3.15. The van der Waals surface area contributed by atoms with Crippen LogP contribution in [0.3, 0.4) is 0 Å². The Morgan fingerprint density at radius 3 is 2.45 bits per heavy atom. The molecule has 2 nitrogen and oxygen atoms in total. The fraction of sp³-hybridized carbons (Fsp3) is 0.647. The van der Waals surface area contributed by atoms with E-state index in [-0.39, 0.29) is 5.82 Å². The molecule has 1 aliphatic heterocycles. The zero-order chi connectivity index (χ0) is 13.9. The zero-order valence-corrected chi connectivity index (χ0v) is 12.3. The van der Waals surface area contributed by atoms with Gasteiger partial charge in [0.05, 0.1) is 0 Å². The Morgan fingerprint density at radius 2 is 1.75 bits per heavy atom. The van der Waals surface area contributed by atoms with Gasteiger partial charge in [-0.3, -0.25) is 0 Å². The molecule has 110 valence electrons. The Hall–Kier alpha value is -0.930. The summed E-state index contributed by atoms with van der Waals surface area (Å²) in [6.45, 7) is 2.21. The van der Waals surface area contributed by atoms with Gasteiger partial charge in [0.25, 0.3) is 0 Å². The van der Waals surface area contributed by atoms with E-state index in [1.165, 1.54) is 37.7 Å². The van der Waals surface area contributed by atoms with Crippen LogP contribution in [0.2, 0.25) is 0 Å². The lowest BCUT2D eigenvalue weighted by Crippen LogP contribution is -2.49. The second-order valence-electron chi connectivity index (χ2n) is 6.55. The van der Waals surface area contributed by atoms with E-state index in [1.807, 2.05) is 12.1 Å². The minimum atomic E-state index is -0.140. The van der Waals surface area contributed by atoms with Gasteiger partial charge in [0.15, 0.2) is 0 Å². The maximum absolute atomic E-state index is 13.1. The van der Waals surface area contributed by atoms with E-state index in [4.69, 9.17) is 0 Å². The van der Waals surface area contributed by atoms with Gasteiger partial charge in [-0.25, -0.2) is 4.39 Å².